The second-order valence-electron chi connectivity index (χ2n) is 5.11. The van der Waals surface area contributed by atoms with Crippen LogP contribution in [0.5, 0.6) is 0 Å². The van der Waals surface area contributed by atoms with Gasteiger partial charge in [0.05, 0.1) is 5.02 Å². The van der Waals surface area contributed by atoms with Gasteiger partial charge in [-0.25, -0.2) is 4.39 Å². The summed E-state index contributed by atoms with van der Waals surface area (Å²) in [4.78, 5) is 2.35. The maximum Gasteiger partial charge on any atom is 0.142 e. The lowest BCUT2D eigenvalue weighted by atomic mass is 10.0. The normalized spacial score (nSPS) is 12.9. The van der Waals surface area contributed by atoms with Crippen LogP contribution in [0.1, 0.15) is 31.7 Å². The molecule has 0 aliphatic heterocycles. The van der Waals surface area contributed by atoms with Crippen LogP contribution in [0.4, 0.5) is 4.39 Å². The third-order valence-electron chi connectivity index (χ3n) is 3.23. The molecule has 108 valence electrons. The third-order valence-corrected chi connectivity index (χ3v) is 4.75. The molecule has 2 aromatic rings. The van der Waals surface area contributed by atoms with Gasteiger partial charge in [0, 0.05) is 15.8 Å². The van der Waals surface area contributed by atoms with Gasteiger partial charge in [-0.2, -0.15) is 0 Å². The summed E-state index contributed by atoms with van der Waals surface area (Å²) in [5, 5.41) is 3.66. The summed E-state index contributed by atoms with van der Waals surface area (Å²) in [5.41, 5.74) is 0.877. The van der Waals surface area contributed by atoms with E-state index in [-0.39, 0.29) is 10.8 Å². The fourth-order valence-corrected chi connectivity index (χ4v) is 3.58. The van der Waals surface area contributed by atoms with E-state index in [9.17, 15) is 4.39 Å². The van der Waals surface area contributed by atoms with Crippen LogP contribution in [-0.2, 0) is 0 Å². The zero-order valence-corrected chi connectivity index (χ0v) is 13.5. The molecule has 0 aliphatic carbocycles. The van der Waals surface area contributed by atoms with E-state index in [0.29, 0.717) is 12.0 Å². The zero-order valence-electron chi connectivity index (χ0n) is 11.9. The molecule has 0 spiro atoms. The number of hydrogen-bond donors (Lipinski definition) is 1. The van der Waals surface area contributed by atoms with Crippen LogP contribution >= 0.6 is 22.9 Å². The molecular formula is C16H19ClFNS. The van der Waals surface area contributed by atoms with Crippen molar-refractivity contribution in [2.45, 2.75) is 26.8 Å². The largest absolute Gasteiger partial charge is 0.309 e. The topological polar surface area (TPSA) is 12.0 Å². The maximum absolute atomic E-state index is 13.5. The van der Waals surface area contributed by atoms with E-state index in [0.717, 1.165) is 17.0 Å². The lowest BCUT2D eigenvalue weighted by molar-refractivity contribution is 0.428. The first kappa shape index (κ1) is 15.5. The third kappa shape index (κ3) is 3.40. The van der Waals surface area contributed by atoms with E-state index in [1.807, 2.05) is 6.07 Å². The van der Waals surface area contributed by atoms with Crippen molar-refractivity contribution in [1.29, 1.82) is 0 Å². The van der Waals surface area contributed by atoms with Crippen LogP contribution in [-0.4, -0.2) is 6.54 Å². The van der Waals surface area contributed by atoms with Gasteiger partial charge in [0.15, 0.2) is 0 Å². The number of halogens is 2. The Labute approximate surface area is 128 Å². The van der Waals surface area contributed by atoms with Crippen molar-refractivity contribution in [3.8, 4) is 10.4 Å². The molecule has 0 saturated heterocycles. The fourth-order valence-electron chi connectivity index (χ4n) is 2.21. The molecule has 1 unspecified atom stereocenters. The van der Waals surface area contributed by atoms with Crippen LogP contribution in [0.2, 0.25) is 5.02 Å². The lowest BCUT2D eigenvalue weighted by Gasteiger charge is -2.20. The summed E-state index contributed by atoms with van der Waals surface area (Å²) in [7, 11) is 0. The Morgan fingerprint density at radius 3 is 2.60 bits per heavy atom. The van der Waals surface area contributed by atoms with Crippen molar-refractivity contribution in [1.82, 2.24) is 5.32 Å². The first-order chi connectivity index (χ1) is 9.52. The molecule has 20 heavy (non-hydrogen) atoms. The standard InChI is InChI=1S/C16H19ClFNS/c1-4-19-16(10(2)3)15-8-7-14(20-15)11-5-6-12(17)13(18)9-11/h5-10,16,19H,4H2,1-3H3. The summed E-state index contributed by atoms with van der Waals surface area (Å²) in [6.07, 6.45) is 0. The molecule has 1 N–H and O–H groups in total. The smallest absolute Gasteiger partial charge is 0.142 e. The van der Waals surface area contributed by atoms with Crippen LogP contribution in [0.25, 0.3) is 10.4 Å². The quantitative estimate of drug-likeness (QED) is 0.767. The summed E-state index contributed by atoms with van der Waals surface area (Å²) < 4.78 is 13.5. The average molecular weight is 312 g/mol. The highest BCUT2D eigenvalue weighted by Crippen LogP contribution is 2.35. The average Bonchev–Trinajstić information content (AvgIpc) is 2.88. The highest BCUT2D eigenvalue weighted by molar-refractivity contribution is 7.15. The Bertz CT molecular complexity index is 580. The molecule has 2 rings (SSSR count). The van der Waals surface area contributed by atoms with Gasteiger partial charge in [0.1, 0.15) is 5.82 Å². The molecule has 1 nitrogen and oxygen atoms in total. The molecule has 0 amide bonds. The molecule has 0 radical (unpaired) electrons. The summed E-state index contributed by atoms with van der Waals surface area (Å²) in [6.45, 7) is 7.45. The highest BCUT2D eigenvalue weighted by Gasteiger charge is 2.17. The minimum Gasteiger partial charge on any atom is -0.309 e. The first-order valence-corrected chi connectivity index (χ1v) is 8.01. The molecule has 1 aromatic carbocycles. The maximum atomic E-state index is 13.5. The predicted molar refractivity (Wildman–Crippen MR) is 86.0 cm³/mol. The molecule has 4 heteroatoms. The second kappa shape index (κ2) is 6.70. The van der Waals surface area contributed by atoms with Crippen LogP contribution < -0.4 is 5.32 Å². The van der Waals surface area contributed by atoms with Crippen LogP contribution in [0.3, 0.4) is 0 Å². The molecule has 1 heterocycles. The highest BCUT2D eigenvalue weighted by atomic mass is 35.5. The number of hydrogen-bond acceptors (Lipinski definition) is 2. The van der Waals surface area contributed by atoms with Crippen molar-refractivity contribution in [3.63, 3.8) is 0 Å². The Hall–Kier alpha value is -0.900. The number of thiophene rings is 1. The van der Waals surface area contributed by atoms with Gasteiger partial charge in [-0.1, -0.05) is 38.4 Å². The Kier molecular flexibility index (Phi) is 5.19. The number of rotatable bonds is 5. The van der Waals surface area contributed by atoms with Crippen molar-refractivity contribution in [3.05, 3.63) is 46.0 Å². The summed E-state index contributed by atoms with van der Waals surface area (Å²) in [6, 6.07) is 9.48. The summed E-state index contributed by atoms with van der Waals surface area (Å²) in [5.74, 6) is 0.148. The summed E-state index contributed by atoms with van der Waals surface area (Å²) >= 11 is 7.43. The van der Waals surface area contributed by atoms with Gasteiger partial charge in [0.25, 0.3) is 0 Å². The lowest BCUT2D eigenvalue weighted by Crippen LogP contribution is -2.24. The molecule has 0 saturated carbocycles. The molecule has 0 bridgehead atoms. The van der Waals surface area contributed by atoms with Crippen LogP contribution in [0.15, 0.2) is 30.3 Å². The minimum atomic E-state index is -0.369. The van der Waals surface area contributed by atoms with E-state index in [2.05, 4.69) is 38.2 Å². The van der Waals surface area contributed by atoms with Gasteiger partial charge in [-0.05, 0) is 42.3 Å². The molecule has 0 aliphatic rings. The van der Waals surface area contributed by atoms with Crippen molar-refractivity contribution in [2.75, 3.05) is 6.54 Å². The van der Waals surface area contributed by atoms with Gasteiger partial charge in [-0.15, -0.1) is 11.3 Å². The van der Waals surface area contributed by atoms with Crippen molar-refractivity contribution in [2.24, 2.45) is 5.92 Å². The van der Waals surface area contributed by atoms with E-state index < -0.39 is 0 Å². The van der Waals surface area contributed by atoms with Gasteiger partial charge >= 0.3 is 0 Å². The second-order valence-corrected chi connectivity index (χ2v) is 6.63. The van der Waals surface area contributed by atoms with Gasteiger partial charge in [-0.3, -0.25) is 0 Å². The number of nitrogens with one attached hydrogen (secondary N) is 1. The van der Waals surface area contributed by atoms with Gasteiger partial charge in [0.2, 0.25) is 0 Å². The van der Waals surface area contributed by atoms with Gasteiger partial charge < -0.3 is 5.32 Å². The zero-order chi connectivity index (χ0) is 14.7. The van der Waals surface area contributed by atoms with E-state index >= 15 is 0 Å². The Balaban J connectivity index is 2.29. The van der Waals surface area contributed by atoms with Crippen LogP contribution in [0, 0.1) is 11.7 Å². The molecular weight excluding hydrogens is 293 g/mol. The van der Waals surface area contributed by atoms with E-state index in [4.69, 9.17) is 11.6 Å². The minimum absolute atomic E-state index is 0.165. The van der Waals surface area contributed by atoms with Crippen molar-refractivity contribution >= 4 is 22.9 Å². The SMILES string of the molecule is CCNC(c1ccc(-c2ccc(Cl)c(F)c2)s1)C(C)C. The number of benzene rings is 1. The predicted octanol–water partition coefficient (Wildman–Crippen LogP) is 5.51. The molecule has 0 fully saturated rings. The Morgan fingerprint density at radius 1 is 1.25 bits per heavy atom. The molecule has 1 atom stereocenters. The first-order valence-electron chi connectivity index (χ1n) is 6.81. The monoisotopic (exact) mass is 311 g/mol. The van der Waals surface area contributed by atoms with Crippen molar-refractivity contribution < 1.29 is 4.39 Å². The molecule has 1 aromatic heterocycles. The van der Waals surface area contributed by atoms with E-state index in [1.165, 1.54) is 10.9 Å². The Morgan fingerprint density at radius 2 is 2.00 bits per heavy atom. The fraction of sp³-hybridized carbons (Fsp3) is 0.375. The van der Waals surface area contributed by atoms with E-state index in [1.54, 1.807) is 17.4 Å².